The molecule has 2 heterocycles. The highest BCUT2D eigenvalue weighted by Crippen LogP contribution is 2.27. The second kappa shape index (κ2) is 9.97. The molecule has 0 aliphatic carbocycles. The van der Waals surface area contributed by atoms with E-state index in [-0.39, 0.29) is 23.8 Å². The Balaban J connectivity index is 1.15. The lowest BCUT2D eigenvalue weighted by Gasteiger charge is -2.40. The molecule has 3 aromatic carbocycles. The minimum absolute atomic E-state index is 0.0844. The fourth-order valence-corrected chi connectivity index (χ4v) is 4.72. The van der Waals surface area contributed by atoms with Gasteiger partial charge < -0.3 is 15.1 Å². The number of urea groups is 1. The first-order valence-electron chi connectivity index (χ1n) is 11.9. The number of carbonyl (C=O) groups excluding carboxylic acids is 3. The minimum Gasteiger partial charge on any atom is -0.339 e. The van der Waals surface area contributed by atoms with Crippen LogP contribution in [-0.4, -0.2) is 46.7 Å². The topological polar surface area (TPSA) is 69.7 Å². The lowest BCUT2D eigenvalue weighted by molar-refractivity contribution is -0.127. The third-order valence-corrected chi connectivity index (χ3v) is 6.73. The standard InChI is InChI=1S/C29H27N3O3/c33-27(23-12-10-22(11-13-23)21-6-2-1-3-7-21)14-15-28(34)31-18-16-25(17-19-31)32-20-24-8-4-5-9-26(24)30-29(32)35/h1-15,25H,16-20H2,(H,30,35)/b15-14+. The summed E-state index contributed by atoms with van der Waals surface area (Å²) >= 11 is 0. The van der Waals surface area contributed by atoms with Gasteiger partial charge in [-0.25, -0.2) is 4.79 Å². The summed E-state index contributed by atoms with van der Waals surface area (Å²) in [5.74, 6) is -0.373. The van der Waals surface area contributed by atoms with Gasteiger partial charge in [-0.3, -0.25) is 9.59 Å². The number of hydrogen-bond acceptors (Lipinski definition) is 3. The smallest absolute Gasteiger partial charge is 0.322 e. The molecule has 0 atom stereocenters. The molecule has 0 saturated carbocycles. The maximum Gasteiger partial charge on any atom is 0.322 e. The molecular formula is C29H27N3O3. The number of para-hydroxylation sites is 1. The molecule has 1 N–H and O–H groups in total. The number of carbonyl (C=O) groups is 3. The summed E-state index contributed by atoms with van der Waals surface area (Å²) in [7, 11) is 0. The number of benzene rings is 3. The summed E-state index contributed by atoms with van der Waals surface area (Å²) < 4.78 is 0. The maximum atomic E-state index is 12.7. The summed E-state index contributed by atoms with van der Waals surface area (Å²) in [5.41, 5.74) is 4.64. The van der Waals surface area contributed by atoms with Crippen molar-refractivity contribution in [1.82, 2.24) is 9.80 Å². The van der Waals surface area contributed by atoms with Crippen molar-refractivity contribution in [3.63, 3.8) is 0 Å². The van der Waals surface area contributed by atoms with Gasteiger partial charge in [0.15, 0.2) is 5.78 Å². The zero-order chi connectivity index (χ0) is 24.2. The van der Waals surface area contributed by atoms with E-state index < -0.39 is 0 Å². The summed E-state index contributed by atoms with van der Waals surface area (Å²) in [4.78, 5) is 41.4. The van der Waals surface area contributed by atoms with Crippen LogP contribution in [0, 0.1) is 0 Å². The van der Waals surface area contributed by atoms with Crippen LogP contribution in [0.2, 0.25) is 0 Å². The zero-order valence-electron chi connectivity index (χ0n) is 19.4. The van der Waals surface area contributed by atoms with Crippen LogP contribution in [0.3, 0.4) is 0 Å². The summed E-state index contributed by atoms with van der Waals surface area (Å²) in [6.07, 6.45) is 4.13. The highest BCUT2D eigenvalue weighted by molar-refractivity contribution is 6.07. The van der Waals surface area contributed by atoms with Gasteiger partial charge in [-0.15, -0.1) is 0 Å². The van der Waals surface area contributed by atoms with Crippen molar-refractivity contribution in [3.05, 3.63) is 102 Å². The zero-order valence-corrected chi connectivity index (χ0v) is 19.4. The van der Waals surface area contributed by atoms with E-state index in [0.29, 0.717) is 38.0 Å². The van der Waals surface area contributed by atoms with Crippen LogP contribution in [0.1, 0.15) is 28.8 Å². The van der Waals surface area contributed by atoms with Crippen molar-refractivity contribution in [2.45, 2.75) is 25.4 Å². The number of nitrogens with zero attached hydrogens (tertiary/aromatic N) is 2. The van der Waals surface area contributed by atoms with E-state index in [4.69, 9.17) is 0 Å². The molecule has 0 unspecified atom stereocenters. The van der Waals surface area contributed by atoms with Crippen molar-refractivity contribution in [1.29, 1.82) is 0 Å². The van der Waals surface area contributed by atoms with Gasteiger partial charge in [0.05, 0.1) is 0 Å². The van der Waals surface area contributed by atoms with Crippen LogP contribution in [-0.2, 0) is 11.3 Å². The van der Waals surface area contributed by atoms with Gasteiger partial charge in [0.25, 0.3) is 0 Å². The van der Waals surface area contributed by atoms with Gasteiger partial charge in [0.2, 0.25) is 5.91 Å². The molecular weight excluding hydrogens is 438 g/mol. The van der Waals surface area contributed by atoms with Crippen LogP contribution < -0.4 is 5.32 Å². The largest absolute Gasteiger partial charge is 0.339 e. The predicted octanol–water partition coefficient (Wildman–Crippen LogP) is 5.13. The van der Waals surface area contributed by atoms with Crippen LogP contribution in [0.4, 0.5) is 10.5 Å². The third-order valence-electron chi connectivity index (χ3n) is 6.73. The van der Waals surface area contributed by atoms with Crippen LogP contribution in [0.5, 0.6) is 0 Å². The average molecular weight is 466 g/mol. The minimum atomic E-state index is -0.198. The molecule has 3 aromatic rings. The lowest BCUT2D eigenvalue weighted by atomic mass is 10.0. The Kier molecular flexibility index (Phi) is 6.44. The highest BCUT2D eigenvalue weighted by atomic mass is 16.2. The Labute approximate surface area is 204 Å². The molecule has 3 amide bonds. The first-order valence-corrected chi connectivity index (χ1v) is 11.9. The van der Waals surface area contributed by atoms with Crippen LogP contribution in [0.15, 0.2) is 91.0 Å². The van der Waals surface area contributed by atoms with E-state index in [0.717, 1.165) is 22.4 Å². The number of allylic oxidation sites excluding steroid dienone is 1. The number of rotatable bonds is 5. The Hall–Kier alpha value is -4.19. The molecule has 2 aliphatic rings. The fourth-order valence-electron chi connectivity index (χ4n) is 4.72. The molecule has 1 fully saturated rings. The molecule has 0 aromatic heterocycles. The molecule has 1 saturated heterocycles. The van der Waals surface area contributed by atoms with Crippen LogP contribution in [0.25, 0.3) is 11.1 Å². The van der Waals surface area contributed by atoms with Gasteiger partial charge in [0.1, 0.15) is 0 Å². The Morgan fingerprint density at radius 1 is 0.800 bits per heavy atom. The molecule has 5 rings (SSSR count). The van der Waals surface area contributed by atoms with Crippen molar-refractivity contribution < 1.29 is 14.4 Å². The molecule has 6 heteroatoms. The normalized spacial score (nSPS) is 16.2. The predicted molar refractivity (Wildman–Crippen MR) is 136 cm³/mol. The van der Waals surface area contributed by atoms with Gasteiger partial charge in [-0.2, -0.15) is 0 Å². The van der Waals surface area contributed by atoms with E-state index in [1.807, 2.05) is 71.6 Å². The summed E-state index contributed by atoms with van der Waals surface area (Å²) in [6, 6.07) is 25.2. The average Bonchev–Trinajstić information content (AvgIpc) is 2.92. The Bertz CT molecular complexity index is 1260. The number of amides is 3. The van der Waals surface area contributed by atoms with Gasteiger partial charge in [-0.05, 0) is 41.7 Å². The van der Waals surface area contributed by atoms with Gasteiger partial charge in [-0.1, -0.05) is 72.8 Å². The van der Waals surface area contributed by atoms with E-state index in [9.17, 15) is 14.4 Å². The second-order valence-electron chi connectivity index (χ2n) is 8.91. The molecule has 2 aliphatic heterocycles. The number of anilines is 1. The van der Waals surface area contributed by atoms with E-state index in [1.165, 1.54) is 12.2 Å². The van der Waals surface area contributed by atoms with Gasteiger partial charge >= 0.3 is 6.03 Å². The number of hydrogen-bond donors (Lipinski definition) is 1. The third kappa shape index (κ3) is 5.01. The molecule has 0 spiro atoms. The van der Waals surface area contributed by atoms with E-state index >= 15 is 0 Å². The highest BCUT2D eigenvalue weighted by Gasteiger charge is 2.32. The fraction of sp³-hybridized carbons (Fsp3) is 0.207. The monoisotopic (exact) mass is 465 g/mol. The quantitative estimate of drug-likeness (QED) is 0.419. The summed E-state index contributed by atoms with van der Waals surface area (Å²) in [5, 5.41) is 2.96. The first-order chi connectivity index (χ1) is 17.1. The number of piperidine rings is 1. The molecule has 0 bridgehead atoms. The number of likely N-dealkylation sites (tertiary alicyclic amines) is 1. The second-order valence-corrected chi connectivity index (χ2v) is 8.91. The van der Waals surface area contributed by atoms with Crippen molar-refractivity contribution in [3.8, 4) is 11.1 Å². The molecule has 0 radical (unpaired) electrons. The van der Waals surface area contributed by atoms with E-state index in [1.54, 1.807) is 17.0 Å². The van der Waals surface area contributed by atoms with Crippen molar-refractivity contribution >= 4 is 23.4 Å². The van der Waals surface area contributed by atoms with Crippen molar-refractivity contribution in [2.75, 3.05) is 18.4 Å². The molecule has 176 valence electrons. The first kappa shape index (κ1) is 22.6. The summed E-state index contributed by atoms with van der Waals surface area (Å²) in [6.45, 7) is 1.69. The lowest BCUT2D eigenvalue weighted by Crippen LogP contribution is -2.50. The number of nitrogens with one attached hydrogen (secondary N) is 1. The van der Waals surface area contributed by atoms with Crippen molar-refractivity contribution in [2.24, 2.45) is 0 Å². The van der Waals surface area contributed by atoms with E-state index in [2.05, 4.69) is 5.32 Å². The number of ketones is 1. The molecule has 35 heavy (non-hydrogen) atoms. The van der Waals surface area contributed by atoms with Gasteiger partial charge in [0, 0.05) is 43.0 Å². The van der Waals surface area contributed by atoms with Crippen LogP contribution >= 0.6 is 0 Å². The number of fused-ring (bicyclic) bond motifs is 1. The Morgan fingerprint density at radius 3 is 2.20 bits per heavy atom. The molecule has 6 nitrogen and oxygen atoms in total. The maximum absolute atomic E-state index is 12.7. The SMILES string of the molecule is O=C(/C=C/C(=O)N1CCC(N2Cc3ccccc3NC2=O)CC1)c1ccc(-c2ccccc2)cc1. The Morgan fingerprint density at radius 2 is 1.46 bits per heavy atom.